The number of benzene rings is 1. The van der Waals surface area contributed by atoms with E-state index in [9.17, 15) is 14.9 Å². The Balaban J connectivity index is 1.69. The van der Waals surface area contributed by atoms with Crippen LogP contribution in [0.15, 0.2) is 54.2 Å². The molecule has 3 heterocycles. The number of aromatic nitrogens is 3. The number of nitro groups is 1. The van der Waals surface area contributed by atoms with Crippen molar-refractivity contribution in [3.8, 4) is 16.3 Å². The standard InChI is InChI=1S/C18H13N5O4S/c1-27-15-9-11(23(25)26)4-5-13(15)21-18(24)12-10-20-22-14(6-7-19-17(12)22)16-3-2-8-28-16/h2-10H,1H3,(H,21,24). The highest BCUT2D eigenvalue weighted by atomic mass is 32.1. The number of non-ortho nitro benzene ring substituents is 1. The summed E-state index contributed by atoms with van der Waals surface area (Å²) in [6, 6.07) is 9.69. The van der Waals surface area contributed by atoms with Gasteiger partial charge in [-0.2, -0.15) is 5.10 Å². The van der Waals surface area contributed by atoms with E-state index in [1.54, 1.807) is 22.0 Å². The SMILES string of the molecule is COc1cc([N+](=O)[O-])ccc1NC(=O)c1cnn2c(-c3cccs3)ccnc12. The summed E-state index contributed by atoms with van der Waals surface area (Å²) in [5.41, 5.74) is 1.69. The van der Waals surface area contributed by atoms with E-state index in [2.05, 4.69) is 15.4 Å². The fraction of sp³-hybridized carbons (Fsp3) is 0.0556. The predicted molar refractivity (Wildman–Crippen MR) is 104 cm³/mol. The first-order valence-corrected chi connectivity index (χ1v) is 8.97. The molecule has 0 spiro atoms. The van der Waals surface area contributed by atoms with Crippen molar-refractivity contribution in [2.75, 3.05) is 12.4 Å². The molecule has 0 aliphatic carbocycles. The van der Waals surface area contributed by atoms with Crippen molar-refractivity contribution < 1.29 is 14.5 Å². The summed E-state index contributed by atoms with van der Waals surface area (Å²) in [5, 5.41) is 19.9. The highest BCUT2D eigenvalue weighted by Crippen LogP contribution is 2.30. The summed E-state index contributed by atoms with van der Waals surface area (Å²) in [6.07, 6.45) is 3.06. The number of nitrogens with zero attached hydrogens (tertiary/aromatic N) is 4. The number of nitrogens with one attached hydrogen (secondary N) is 1. The smallest absolute Gasteiger partial charge is 0.273 e. The van der Waals surface area contributed by atoms with E-state index in [1.807, 2.05) is 23.6 Å². The van der Waals surface area contributed by atoms with Crippen molar-refractivity contribution in [2.24, 2.45) is 0 Å². The molecule has 0 aliphatic heterocycles. The average molecular weight is 395 g/mol. The number of methoxy groups -OCH3 is 1. The minimum atomic E-state index is -0.532. The molecule has 0 aliphatic rings. The Labute approximate surface area is 162 Å². The van der Waals surface area contributed by atoms with Crippen molar-refractivity contribution in [3.05, 3.63) is 69.8 Å². The number of rotatable bonds is 5. The Morgan fingerprint density at radius 2 is 2.18 bits per heavy atom. The molecular weight excluding hydrogens is 382 g/mol. The molecule has 3 aromatic heterocycles. The maximum atomic E-state index is 12.8. The van der Waals surface area contributed by atoms with E-state index in [4.69, 9.17) is 4.74 Å². The highest BCUT2D eigenvalue weighted by Gasteiger charge is 2.19. The van der Waals surface area contributed by atoms with Gasteiger partial charge in [0, 0.05) is 12.3 Å². The quantitative estimate of drug-likeness (QED) is 0.408. The van der Waals surface area contributed by atoms with Crippen molar-refractivity contribution in [2.45, 2.75) is 0 Å². The van der Waals surface area contributed by atoms with Crippen LogP contribution in [0.1, 0.15) is 10.4 Å². The molecule has 10 heteroatoms. The van der Waals surface area contributed by atoms with Crippen LogP contribution in [0.25, 0.3) is 16.2 Å². The van der Waals surface area contributed by atoms with Gasteiger partial charge in [-0.25, -0.2) is 9.50 Å². The summed E-state index contributed by atoms with van der Waals surface area (Å²) in [4.78, 5) is 28.4. The Kier molecular flexibility index (Phi) is 4.45. The number of amides is 1. The molecule has 0 saturated heterocycles. The zero-order chi connectivity index (χ0) is 19.7. The molecule has 1 N–H and O–H groups in total. The highest BCUT2D eigenvalue weighted by molar-refractivity contribution is 7.13. The topological polar surface area (TPSA) is 112 Å². The molecule has 0 saturated carbocycles. The van der Waals surface area contributed by atoms with Crippen LogP contribution >= 0.6 is 11.3 Å². The summed E-state index contributed by atoms with van der Waals surface area (Å²) in [5.74, 6) is -0.260. The third-order valence-electron chi connectivity index (χ3n) is 4.06. The van der Waals surface area contributed by atoms with Crippen LogP contribution in [0.3, 0.4) is 0 Å². The molecule has 0 bridgehead atoms. The first kappa shape index (κ1) is 17.6. The minimum absolute atomic E-state index is 0.131. The first-order chi connectivity index (χ1) is 13.6. The third kappa shape index (κ3) is 3.05. The molecule has 1 amide bonds. The van der Waals surface area contributed by atoms with Crippen molar-refractivity contribution in [3.63, 3.8) is 0 Å². The molecule has 0 radical (unpaired) electrons. The second-order valence-corrected chi connectivity index (χ2v) is 6.64. The fourth-order valence-corrected chi connectivity index (χ4v) is 3.49. The zero-order valence-corrected chi connectivity index (χ0v) is 15.3. The van der Waals surface area contributed by atoms with Crippen molar-refractivity contribution >= 4 is 34.3 Å². The van der Waals surface area contributed by atoms with Gasteiger partial charge in [0.1, 0.15) is 11.3 Å². The molecule has 28 heavy (non-hydrogen) atoms. The maximum Gasteiger partial charge on any atom is 0.273 e. The van der Waals surface area contributed by atoms with Gasteiger partial charge in [0.25, 0.3) is 11.6 Å². The van der Waals surface area contributed by atoms with Gasteiger partial charge in [0.15, 0.2) is 5.65 Å². The second kappa shape index (κ2) is 7.08. The van der Waals surface area contributed by atoms with Crippen LogP contribution in [0.5, 0.6) is 5.75 Å². The Hall–Kier alpha value is -3.79. The number of ether oxygens (including phenoxy) is 1. The van der Waals surface area contributed by atoms with Crippen LogP contribution < -0.4 is 10.1 Å². The van der Waals surface area contributed by atoms with E-state index in [0.29, 0.717) is 11.3 Å². The van der Waals surface area contributed by atoms with E-state index in [1.165, 1.54) is 31.5 Å². The van der Waals surface area contributed by atoms with Crippen molar-refractivity contribution in [1.82, 2.24) is 14.6 Å². The number of thiophene rings is 1. The predicted octanol–water partition coefficient (Wildman–Crippen LogP) is 3.63. The van der Waals surface area contributed by atoms with Crippen molar-refractivity contribution in [1.29, 1.82) is 0 Å². The number of carbonyl (C=O) groups excluding carboxylic acids is 1. The minimum Gasteiger partial charge on any atom is -0.494 e. The van der Waals surface area contributed by atoms with Crippen LogP contribution in [0.2, 0.25) is 0 Å². The molecule has 1 aromatic carbocycles. The molecular formula is C18H13N5O4S. The molecule has 0 fully saturated rings. The zero-order valence-electron chi connectivity index (χ0n) is 14.5. The normalized spacial score (nSPS) is 10.8. The number of nitro benzene ring substituents is 1. The molecule has 9 nitrogen and oxygen atoms in total. The van der Waals surface area contributed by atoms with Gasteiger partial charge in [-0.3, -0.25) is 14.9 Å². The van der Waals surface area contributed by atoms with Gasteiger partial charge in [0.05, 0.1) is 40.6 Å². The lowest BCUT2D eigenvalue weighted by molar-refractivity contribution is -0.384. The van der Waals surface area contributed by atoms with Gasteiger partial charge in [-0.05, 0) is 23.6 Å². The first-order valence-electron chi connectivity index (χ1n) is 8.09. The third-order valence-corrected chi connectivity index (χ3v) is 4.96. The largest absolute Gasteiger partial charge is 0.494 e. The Bertz CT molecular complexity index is 1190. The van der Waals surface area contributed by atoms with Gasteiger partial charge in [0.2, 0.25) is 0 Å². The van der Waals surface area contributed by atoms with Crippen LogP contribution in [0, 0.1) is 10.1 Å². The number of fused-ring (bicyclic) bond motifs is 1. The van der Waals surface area contributed by atoms with Gasteiger partial charge < -0.3 is 10.1 Å². The summed E-state index contributed by atoms with van der Waals surface area (Å²) >= 11 is 1.56. The summed E-state index contributed by atoms with van der Waals surface area (Å²) in [7, 11) is 1.37. The molecule has 140 valence electrons. The molecule has 0 unspecified atom stereocenters. The number of hydrogen-bond donors (Lipinski definition) is 1. The van der Waals surface area contributed by atoms with E-state index in [0.717, 1.165) is 10.6 Å². The number of hydrogen-bond acceptors (Lipinski definition) is 7. The number of anilines is 1. The lowest BCUT2D eigenvalue weighted by Gasteiger charge is -2.09. The summed E-state index contributed by atoms with van der Waals surface area (Å²) in [6.45, 7) is 0. The van der Waals surface area contributed by atoms with Crippen LogP contribution in [0.4, 0.5) is 11.4 Å². The van der Waals surface area contributed by atoms with E-state index < -0.39 is 10.8 Å². The van der Waals surface area contributed by atoms with Crippen LogP contribution in [-0.4, -0.2) is 32.5 Å². The fourth-order valence-electron chi connectivity index (χ4n) is 2.75. The average Bonchev–Trinajstić information content (AvgIpc) is 3.37. The van der Waals surface area contributed by atoms with Gasteiger partial charge in [-0.1, -0.05) is 6.07 Å². The van der Waals surface area contributed by atoms with Gasteiger partial charge in [-0.15, -0.1) is 11.3 Å². The summed E-state index contributed by atoms with van der Waals surface area (Å²) < 4.78 is 6.76. The van der Waals surface area contributed by atoms with E-state index >= 15 is 0 Å². The van der Waals surface area contributed by atoms with Gasteiger partial charge >= 0.3 is 0 Å². The monoisotopic (exact) mass is 395 g/mol. The molecule has 4 rings (SSSR count). The Morgan fingerprint density at radius 3 is 2.89 bits per heavy atom. The molecule has 4 aromatic rings. The number of carbonyl (C=O) groups is 1. The lowest BCUT2D eigenvalue weighted by Crippen LogP contribution is -2.13. The lowest BCUT2D eigenvalue weighted by atomic mass is 10.2. The second-order valence-electron chi connectivity index (χ2n) is 5.70. The maximum absolute atomic E-state index is 12.8. The van der Waals surface area contributed by atoms with Crippen LogP contribution in [-0.2, 0) is 0 Å². The van der Waals surface area contributed by atoms with E-state index in [-0.39, 0.29) is 17.0 Å². The molecule has 0 atom stereocenters. The Morgan fingerprint density at radius 1 is 1.32 bits per heavy atom.